The van der Waals surface area contributed by atoms with E-state index in [1.54, 1.807) is 0 Å². The SMILES string of the molecule is C1=CC2CC1CC2Cc1ccc2ccccc2c1. The molecular formula is C18H18. The summed E-state index contributed by atoms with van der Waals surface area (Å²) in [5.41, 5.74) is 1.51. The molecule has 0 aliphatic heterocycles. The molecule has 0 aromatic heterocycles. The van der Waals surface area contributed by atoms with Crippen molar-refractivity contribution in [2.75, 3.05) is 0 Å². The van der Waals surface area contributed by atoms with Crippen LogP contribution < -0.4 is 0 Å². The molecule has 3 unspecified atom stereocenters. The number of hydrogen-bond donors (Lipinski definition) is 0. The Bertz CT molecular complexity index is 608. The fourth-order valence-electron chi connectivity index (χ4n) is 3.80. The Balaban J connectivity index is 1.61. The predicted octanol–water partition coefficient (Wildman–Crippen LogP) is 4.59. The molecule has 2 aliphatic carbocycles. The summed E-state index contributed by atoms with van der Waals surface area (Å²) in [6, 6.07) is 15.6. The molecule has 0 nitrogen and oxygen atoms in total. The number of allylic oxidation sites excluding steroid dienone is 2. The minimum Gasteiger partial charge on any atom is -0.0851 e. The molecule has 2 bridgehead atoms. The van der Waals surface area contributed by atoms with Gasteiger partial charge in [-0.1, -0.05) is 54.6 Å². The van der Waals surface area contributed by atoms with E-state index in [-0.39, 0.29) is 0 Å². The van der Waals surface area contributed by atoms with Crippen LogP contribution in [-0.2, 0) is 6.42 Å². The van der Waals surface area contributed by atoms with Gasteiger partial charge in [0.1, 0.15) is 0 Å². The molecule has 1 fully saturated rings. The fourth-order valence-corrected chi connectivity index (χ4v) is 3.80. The number of benzene rings is 2. The highest BCUT2D eigenvalue weighted by atomic mass is 14.4. The molecule has 2 aliphatic rings. The van der Waals surface area contributed by atoms with Gasteiger partial charge in [0.2, 0.25) is 0 Å². The van der Waals surface area contributed by atoms with E-state index in [2.05, 4.69) is 54.6 Å². The van der Waals surface area contributed by atoms with Gasteiger partial charge in [-0.3, -0.25) is 0 Å². The van der Waals surface area contributed by atoms with Gasteiger partial charge in [-0.05, 0) is 53.4 Å². The van der Waals surface area contributed by atoms with E-state index in [1.165, 1.54) is 35.6 Å². The molecule has 0 heterocycles. The van der Waals surface area contributed by atoms with E-state index >= 15 is 0 Å². The molecule has 90 valence electrons. The standard InChI is InChI=1S/C18H18/c1-2-4-16-9-13(5-7-15(16)3-1)11-18-12-14-6-8-17(18)10-14/h1-9,14,17-18H,10-12H2. The van der Waals surface area contributed by atoms with Crippen LogP contribution in [0.2, 0.25) is 0 Å². The maximum atomic E-state index is 2.46. The van der Waals surface area contributed by atoms with Gasteiger partial charge in [0.05, 0.1) is 0 Å². The van der Waals surface area contributed by atoms with Crippen LogP contribution in [0.1, 0.15) is 18.4 Å². The van der Waals surface area contributed by atoms with Gasteiger partial charge in [0.15, 0.2) is 0 Å². The van der Waals surface area contributed by atoms with Crippen molar-refractivity contribution >= 4 is 10.8 Å². The van der Waals surface area contributed by atoms with E-state index in [1.807, 2.05) is 0 Å². The zero-order valence-electron chi connectivity index (χ0n) is 10.5. The van der Waals surface area contributed by atoms with E-state index in [4.69, 9.17) is 0 Å². The molecule has 1 saturated carbocycles. The van der Waals surface area contributed by atoms with Gasteiger partial charge in [-0.2, -0.15) is 0 Å². The summed E-state index contributed by atoms with van der Waals surface area (Å²) in [6.07, 6.45) is 8.98. The first kappa shape index (κ1) is 10.4. The Morgan fingerprint density at radius 1 is 0.889 bits per heavy atom. The van der Waals surface area contributed by atoms with Gasteiger partial charge < -0.3 is 0 Å². The molecule has 2 aromatic carbocycles. The third-order valence-corrected chi connectivity index (χ3v) is 4.73. The lowest BCUT2D eigenvalue weighted by Gasteiger charge is -2.18. The van der Waals surface area contributed by atoms with Crippen LogP contribution in [0, 0.1) is 17.8 Å². The second kappa shape index (κ2) is 3.98. The quantitative estimate of drug-likeness (QED) is 0.666. The number of fused-ring (bicyclic) bond motifs is 3. The lowest BCUT2D eigenvalue weighted by Crippen LogP contribution is -2.10. The summed E-state index contributed by atoms with van der Waals surface area (Å²) >= 11 is 0. The topological polar surface area (TPSA) is 0 Å². The fraction of sp³-hybridized carbons (Fsp3) is 0.333. The minimum absolute atomic E-state index is 0.862. The van der Waals surface area contributed by atoms with Crippen LogP contribution in [0.25, 0.3) is 10.8 Å². The van der Waals surface area contributed by atoms with Crippen molar-refractivity contribution in [3.8, 4) is 0 Å². The normalized spacial score (nSPS) is 29.2. The molecule has 0 amide bonds. The van der Waals surface area contributed by atoms with Gasteiger partial charge >= 0.3 is 0 Å². The predicted molar refractivity (Wildman–Crippen MR) is 76.5 cm³/mol. The molecule has 3 atom stereocenters. The summed E-state index contributed by atoms with van der Waals surface area (Å²) in [7, 11) is 0. The Labute approximate surface area is 108 Å². The molecule has 0 saturated heterocycles. The van der Waals surface area contributed by atoms with E-state index in [0.717, 1.165) is 17.8 Å². The first-order valence-electron chi connectivity index (χ1n) is 7.04. The Hall–Kier alpha value is -1.56. The van der Waals surface area contributed by atoms with E-state index in [0.29, 0.717) is 0 Å². The Kier molecular flexibility index (Phi) is 2.29. The van der Waals surface area contributed by atoms with Crippen molar-refractivity contribution in [2.24, 2.45) is 17.8 Å². The van der Waals surface area contributed by atoms with Crippen LogP contribution in [0.3, 0.4) is 0 Å². The van der Waals surface area contributed by atoms with Crippen LogP contribution >= 0.6 is 0 Å². The molecule has 0 radical (unpaired) electrons. The van der Waals surface area contributed by atoms with Crippen molar-refractivity contribution in [3.63, 3.8) is 0 Å². The second-order valence-electron chi connectivity index (χ2n) is 5.93. The van der Waals surface area contributed by atoms with Crippen LogP contribution in [0.5, 0.6) is 0 Å². The van der Waals surface area contributed by atoms with Crippen molar-refractivity contribution in [1.82, 2.24) is 0 Å². The summed E-state index contributed by atoms with van der Waals surface area (Å²) in [6.45, 7) is 0. The van der Waals surface area contributed by atoms with Crippen molar-refractivity contribution in [1.29, 1.82) is 0 Å². The second-order valence-corrected chi connectivity index (χ2v) is 5.93. The average Bonchev–Trinajstić information content (AvgIpc) is 3.01. The summed E-state index contributed by atoms with van der Waals surface area (Å²) in [4.78, 5) is 0. The molecule has 18 heavy (non-hydrogen) atoms. The van der Waals surface area contributed by atoms with Crippen LogP contribution in [-0.4, -0.2) is 0 Å². The Morgan fingerprint density at radius 2 is 1.78 bits per heavy atom. The lowest BCUT2D eigenvalue weighted by atomic mass is 9.87. The maximum Gasteiger partial charge on any atom is -0.0181 e. The van der Waals surface area contributed by atoms with Gasteiger partial charge in [-0.25, -0.2) is 0 Å². The summed E-state index contributed by atoms with van der Waals surface area (Å²) in [5.74, 6) is 2.64. The number of hydrogen-bond acceptors (Lipinski definition) is 0. The maximum absolute atomic E-state index is 2.46. The highest BCUT2D eigenvalue weighted by Crippen LogP contribution is 2.44. The lowest BCUT2D eigenvalue weighted by molar-refractivity contribution is 0.446. The third kappa shape index (κ3) is 1.68. The van der Waals surface area contributed by atoms with Gasteiger partial charge in [0, 0.05) is 0 Å². The van der Waals surface area contributed by atoms with Crippen molar-refractivity contribution in [3.05, 3.63) is 60.2 Å². The largest absolute Gasteiger partial charge is 0.0851 e. The third-order valence-electron chi connectivity index (χ3n) is 4.73. The van der Waals surface area contributed by atoms with E-state index < -0.39 is 0 Å². The zero-order chi connectivity index (χ0) is 11.9. The highest BCUT2D eigenvalue weighted by molar-refractivity contribution is 5.82. The first-order chi connectivity index (χ1) is 8.88. The van der Waals surface area contributed by atoms with Gasteiger partial charge in [0.25, 0.3) is 0 Å². The molecule has 0 N–H and O–H groups in total. The summed E-state index contributed by atoms with van der Waals surface area (Å²) < 4.78 is 0. The number of rotatable bonds is 2. The van der Waals surface area contributed by atoms with Crippen LogP contribution in [0.15, 0.2) is 54.6 Å². The van der Waals surface area contributed by atoms with Gasteiger partial charge in [-0.15, -0.1) is 0 Å². The van der Waals surface area contributed by atoms with Crippen LogP contribution in [0.4, 0.5) is 0 Å². The average molecular weight is 234 g/mol. The molecule has 4 rings (SSSR count). The molecule has 2 aromatic rings. The molecule has 0 heteroatoms. The van der Waals surface area contributed by atoms with Crippen molar-refractivity contribution in [2.45, 2.75) is 19.3 Å². The highest BCUT2D eigenvalue weighted by Gasteiger charge is 2.35. The Morgan fingerprint density at radius 3 is 2.56 bits per heavy atom. The molecule has 0 spiro atoms. The van der Waals surface area contributed by atoms with Crippen molar-refractivity contribution < 1.29 is 0 Å². The first-order valence-corrected chi connectivity index (χ1v) is 7.04. The van der Waals surface area contributed by atoms with E-state index in [9.17, 15) is 0 Å². The minimum atomic E-state index is 0.862. The smallest absolute Gasteiger partial charge is 0.0181 e. The zero-order valence-corrected chi connectivity index (χ0v) is 10.5. The molecular weight excluding hydrogens is 216 g/mol. The summed E-state index contributed by atoms with van der Waals surface area (Å²) in [5, 5.41) is 2.74. The monoisotopic (exact) mass is 234 g/mol.